The zero-order valence-electron chi connectivity index (χ0n) is 11.2. The minimum Gasteiger partial charge on any atom is -0.488 e. The maximum absolute atomic E-state index is 5.96. The Balaban J connectivity index is 2.20. The second kappa shape index (κ2) is 5.75. The fourth-order valence-electron chi connectivity index (χ4n) is 1.86. The van der Waals surface area contributed by atoms with Gasteiger partial charge < -0.3 is 15.0 Å². The molecule has 0 aliphatic heterocycles. The fraction of sp³-hybridized carbons (Fsp3) is 0.357. The monoisotopic (exact) mass is 324 g/mol. The first-order valence-electron chi connectivity index (χ1n) is 6.08. The lowest BCUT2D eigenvalue weighted by Gasteiger charge is -2.14. The summed E-state index contributed by atoms with van der Waals surface area (Å²) in [7, 11) is 0. The Morgan fingerprint density at radius 2 is 2.16 bits per heavy atom. The molecular formula is C14H17BrN2O2. The predicted molar refractivity (Wildman–Crippen MR) is 77.1 cm³/mol. The van der Waals surface area contributed by atoms with Gasteiger partial charge in [-0.25, -0.2) is 0 Å². The molecule has 2 N–H and O–H groups in total. The molecule has 0 bridgehead atoms. The van der Waals surface area contributed by atoms with Crippen molar-refractivity contribution in [1.29, 1.82) is 0 Å². The normalized spacial score (nSPS) is 12.5. The Kier molecular flexibility index (Phi) is 4.27. The minimum absolute atomic E-state index is 0.0860. The van der Waals surface area contributed by atoms with Crippen molar-refractivity contribution in [3.05, 3.63) is 45.3 Å². The standard InChI is InChI=1S/C14H17BrN2O2/c1-8(16)12-6-11(15)4-5-14(12)18-7-13-9(2)17-19-10(13)3/h4-6,8H,7,16H2,1-3H3/t8-/m0/s1. The van der Waals surface area contributed by atoms with Crippen LogP contribution in [-0.4, -0.2) is 5.16 Å². The van der Waals surface area contributed by atoms with Gasteiger partial charge in [-0.1, -0.05) is 21.1 Å². The minimum atomic E-state index is -0.0860. The molecule has 1 aromatic heterocycles. The zero-order valence-corrected chi connectivity index (χ0v) is 12.8. The molecule has 0 saturated heterocycles. The maximum atomic E-state index is 5.96. The molecule has 5 heteroatoms. The molecule has 0 aliphatic rings. The highest BCUT2D eigenvalue weighted by Crippen LogP contribution is 2.28. The average molecular weight is 325 g/mol. The van der Waals surface area contributed by atoms with Crippen LogP contribution in [0.5, 0.6) is 5.75 Å². The first kappa shape index (κ1) is 14.1. The van der Waals surface area contributed by atoms with E-state index in [0.29, 0.717) is 6.61 Å². The molecule has 1 atom stereocenters. The van der Waals surface area contributed by atoms with Gasteiger partial charge in [-0.2, -0.15) is 0 Å². The number of aromatic nitrogens is 1. The SMILES string of the molecule is Cc1noc(C)c1COc1ccc(Br)cc1[C@H](C)N. The molecule has 19 heavy (non-hydrogen) atoms. The van der Waals surface area contributed by atoms with Gasteiger partial charge in [-0.3, -0.25) is 0 Å². The van der Waals surface area contributed by atoms with E-state index in [1.165, 1.54) is 0 Å². The highest BCUT2D eigenvalue weighted by Gasteiger charge is 2.13. The summed E-state index contributed by atoms with van der Waals surface area (Å²) < 4.78 is 12.0. The van der Waals surface area contributed by atoms with Gasteiger partial charge in [-0.05, 0) is 39.0 Å². The first-order valence-corrected chi connectivity index (χ1v) is 6.88. The first-order chi connectivity index (χ1) is 8.99. The van der Waals surface area contributed by atoms with Crippen LogP contribution in [-0.2, 0) is 6.61 Å². The van der Waals surface area contributed by atoms with Gasteiger partial charge in [0.15, 0.2) is 0 Å². The third kappa shape index (κ3) is 3.16. The molecule has 2 aromatic rings. The molecular weight excluding hydrogens is 308 g/mol. The summed E-state index contributed by atoms with van der Waals surface area (Å²) in [5.41, 5.74) is 8.78. The van der Waals surface area contributed by atoms with E-state index in [1.54, 1.807) is 0 Å². The highest BCUT2D eigenvalue weighted by atomic mass is 79.9. The lowest BCUT2D eigenvalue weighted by atomic mass is 10.1. The van der Waals surface area contributed by atoms with Gasteiger partial charge in [0.05, 0.1) is 11.3 Å². The highest BCUT2D eigenvalue weighted by molar-refractivity contribution is 9.10. The Hall–Kier alpha value is -1.33. The van der Waals surface area contributed by atoms with E-state index in [0.717, 1.165) is 32.8 Å². The van der Waals surface area contributed by atoms with Gasteiger partial charge >= 0.3 is 0 Å². The lowest BCUT2D eigenvalue weighted by Crippen LogP contribution is -2.08. The third-order valence-electron chi connectivity index (χ3n) is 3.02. The number of hydrogen-bond acceptors (Lipinski definition) is 4. The van der Waals surface area contributed by atoms with E-state index in [9.17, 15) is 0 Å². The number of hydrogen-bond donors (Lipinski definition) is 1. The van der Waals surface area contributed by atoms with Crippen molar-refractivity contribution < 1.29 is 9.26 Å². The van der Waals surface area contributed by atoms with Gasteiger partial charge in [0.2, 0.25) is 0 Å². The van der Waals surface area contributed by atoms with E-state index in [-0.39, 0.29) is 6.04 Å². The van der Waals surface area contributed by atoms with Crippen molar-refractivity contribution in [2.75, 3.05) is 0 Å². The molecule has 1 aromatic carbocycles. The van der Waals surface area contributed by atoms with Crippen molar-refractivity contribution in [1.82, 2.24) is 5.16 Å². The second-order valence-electron chi connectivity index (χ2n) is 4.56. The Morgan fingerprint density at radius 1 is 1.42 bits per heavy atom. The van der Waals surface area contributed by atoms with Crippen molar-refractivity contribution >= 4 is 15.9 Å². The van der Waals surface area contributed by atoms with Crippen LogP contribution in [0.25, 0.3) is 0 Å². The Bertz CT molecular complexity index is 559. The fourth-order valence-corrected chi connectivity index (χ4v) is 2.24. The smallest absolute Gasteiger partial charge is 0.140 e. The van der Waals surface area contributed by atoms with E-state index in [1.807, 2.05) is 39.0 Å². The zero-order chi connectivity index (χ0) is 14.0. The number of benzene rings is 1. The lowest BCUT2D eigenvalue weighted by molar-refractivity contribution is 0.297. The van der Waals surface area contributed by atoms with E-state index >= 15 is 0 Å². The van der Waals surface area contributed by atoms with Crippen LogP contribution < -0.4 is 10.5 Å². The molecule has 0 spiro atoms. The van der Waals surface area contributed by atoms with Crippen LogP contribution in [0.2, 0.25) is 0 Å². The van der Waals surface area contributed by atoms with Gasteiger partial charge in [-0.15, -0.1) is 0 Å². The number of rotatable bonds is 4. The molecule has 0 unspecified atom stereocenters. The van der Waals surface area contributed by atoms with Gasteiger partial charge in [0, 0.05) is 16.1 Å². The Morgan fingerprint density at radius 3 is 2.74 bits per heavy atom. The summed E-state index contributed by atoms with van der Waals surface area (Å²) >= 11 is 3.44. The number of nitrogens with zero attached hydrogens (tertiary/aromatic N) is 1. The Labute approximate surface area is 121 Å². The van der Waals surface area contributed by atoms with Crippen molar-refractivity contribution in [2.45, 2.75) is 33.4 Å². The molecule has 4 nitrogen and oxygen atoms in total. The summed E-state index contributed by atoms with van der Waals surface area (Å²) in [6.07, 6.45) is 0. The quantitative estimate of drug-likeness (QED) is 0.932. The third-order valence-corrected chi connectivity index (χ3v) is 3.51. The topological polar surface area (TPSA) is 61.3 Å². The molecule has 0 saturated carbocycles. The molecule has 0 amide bonds. The molecule has 2 rings (SSSR count). The molecule has 0 aliphatic carbocycles. The van der Waals surface area contributed by atoms with Gasteiger partial charge in [0.1, 0.15) is 18.1 Å². The maximum Gasteiger partial charge on any atom is 0.140 e. The van der Waals surface area contributed by atoms with Crippen LogP contribution in [0.15, 0.2) is 27.2 Å². The summed E-state index contributed by atoms with van der Waals surface area (Å²) in [4.78, 5) is 0. The van der Waals surface area contributed by atoms with Crippen LogP contribution in [0.1, 0.15) is 35.5 Å². The summed E-state index contributed by atoms with van der Waals surface area (Å²) in [6.45, 7) is 6.16. The number of nitrogens with two attached hydrogens (primary N) is 1. The van der Waals surface area contributed by atoms with Crippen LogP contribution >= 0.6 is 15.9 Å². The summed E-state index contributed by atoms with van der Waals surface area (Å²) in [5, 5.41) is 3.91. The van der Waals surface area contributed by atoms with Gasteiger partial charge in [0.25, 0.3) is 0 Å². The van der Waals surface area contributed by atoms with Crippen molar-refractivity contribution in [3.63, 3.8) is 0 Å². The van der Waals surface area contributed by atoms with Crippen LogP contribution in [0.3, 0.4) is 0 Å². The molecule has 0 radical (unpaired) electrons. The summed E-state index contributed by atoms with van der Waals surface area (Å²) in [6, 6.07) is 5.75. The predicted octanol–water partition coefficient (Wildman–Crippen LogP) is 3.65. The number of ether oxygens (including phenoxy) is 1. The molecule has 102 valence electrons. The second-order valence-corrected chi connectivity index (χ2v) is 5.48. The largest absolute Gasteiger partial charge is 0.488 e. The molecule has 0 fully saturated rings. The van der Waals surface area contributed by atoms with E-state index < -0.39 is 0 Å². The van der Waals surface area contributed by atoms with Crippen LogP contribution in [0, 0.1) is 13.8 Å². The summed E-state index contributed by atoms with van der Waals surface area (Å²) in [5.74, 6) is 1.58. The molecule has 1 heterocycles. The van der Waals surface area contributed by atoms with Crippen molar-refractivity contribution in [2.24, 2.45) is 5.73 Å². The van der Waals surface area contributed by atoms with E-state index in [2.05, 4.69) is 21.1 Å². The van der Waals surface area contributed by atoms with Crippen molar-refractivity contribution in [3.8, 4) is 5.75 Å². The number of halogens is 1. The van der Waals surface area contributed by atoms with Crippen LogP contribution in [0.4, 0.5) is 0 Å². The average Bonchev–Trinajstić information content (AvgIpc) is 2.68. The number of aryl methyl sites for hydroxylation is 2. The van der Waals surface area contributed by atoms with E-state index in [4.69, 9.17) is 15.0 Å².